The molecule has 1 unspecified atom stereocenters. The molecule has 2 rings (SSSR count). The normalized spacial score (nSPS) is 26.2. The highest BCUT2D eigenvalue weighted by Gasteiger charge is 2.26. The Morgan fingerprint density at radius 1 is 1.82 bits per heavy atom. The first-order chi connectivity index (χ1) is 5.36. The second-order valence-corrected chi connectivity index (χ2v) is 2.51. The van der Waals surface area contributed by atoms with Crippen LogP contribution >= 0.6 is 0 Å². The van der Waals surface area contributed by atoms with Crippen molar-refractivity contribution in [2.45, 2.75) is 6.10 Å². The molecule has 0 saturated carbocycles. The van der Waals surface area contributed by atoms with Crippen molar-refractivity contribution in [1.82, 2.24) is 0 Å². The Balaban J connectivity index is 1.71. The van der Waals surface area contributed by atoms with Gasteiger partial charge in [0, 0.05) is 0 Å². The minimum atomic E-state index is -0.285. The first-order valence-electron chi connectivity index (χ1n) is 3.45. The van der Waals surface area contributed by atoms with Crippen molar-refractivity contribution in [3.8, 4) is 0 Å². The number of hydrogen-bond acceptors (Lipinski definition) is 4. The maximum absolute atomic E-state index is 10.9. The topological polar surface area (TPSA) is 48.1 Å². The van der Waals surface area contributed by atoms with Crippen LogP contribution in [0.25, 0.3) is 0 Å². The first kappa shape index (κ1) is 6.67. The highest BCUT2D eigenvalue weighted by atomic mass is 16.6. The van der Waals surface area contributed by atoms with Crippen molar-refractivity contribution >= 4 is 5.97 Å². The number of rotatable bonds is 3. The van der Waals surface area contributed by atoms with Gasteiger partial charge in [-0.1, -0.05) is 0 Å². The van der Waals surface area contributed by atoms with Crippen LogP contribution in [0.5, 0.6) is 0 Å². The largest absolute Gasteiger partial charge is 0.495 e. The van der Waals surface area contributed by atoms with E-state index >= 15 is 0 Å². The van der Waals surface area contributed by atoms with E-state index in [1.165, 1.54) is 6.26 Å². The summed E-state index contributed by atoms with van der Waals surface area (Å²) < 4.78 is 14.4. The summed E-state index contributed by atoms with van der Waals surface area (Å²) >= 11 is 0. The number of ether oxygens (including phenoxy) is 3. The van der Waals surface area contributed by atoms with Crippen molar-refractivity contribution in [1.29, 1.82) is 0 Å². The van der Waals surface area contributed by atoms with E-state index in [2.05, 4.69) is 4.74 Å². The summed E-state index contributed by atoms with van der Waals surface area (Å²) in [7, 11) is 0. The summed E-state index contributed by atoms with van der Waals surface area (Å²) in [5.74, 6) is -0.285. The fourth-order valence-electron chi connectivity index (χ4n) is 0.699. The van der Waals surface area contributed by atoms with E-state index in [0.717, 1.165) is 0 Å². The van der Waals surface area contributed by atoms with Crippen molar-refractivity contribution < 1.29 is 19.0 Å². The minimum absolute atomic E-state index is 0.139. The molecule has 2 heterocycles. The number of carbonyl (C=O) groups excluding carboxylic acids is 1. The van der Waals surface area contributed by atoms with Crippen LogP contribution < -0.4 is 0 Å². The molecule has 0 amide bonds. The van der Waals surface area contributed by atoms with Crippen LogP contribution in [0, 0.1) is 0 Å². The second-order valence-electron chi connectivity index (χ2n) is 2.51. The van der Waals surface area contributed by atoms with Gasteiger partial charge in [0.05, 0.1) is 12.9 Å². The molecule has 1 saturated heterocycles. The van der Waals surface area contributed by atoms with Gasteiger partial charge in [-0.2, -0.15) is 0 Å². The average molecular weight is 156 g/mol. The zero-order valence-electron chi connectivity index (χ0n) is 5.91. The molecule has 4 nitrogen and oxygen atoms in total. The second kappa shape index (κ2) is 2.54. The predicted molar refractivity (Wildman–Crippen MR) is 34.7 cm³/mol. The third kappa shape index (κ3) is 1.51. The molecule has 0 N–H and O–H groups in total. The quantitative estimate of drug-likeness (QED) is 0.421. The summed E-state index contributed by atoms with van der Waals surface area (Å²) in [6.07, 6.45) is 1.55. The molecule has 11 heavy (non-hydrogen) atoms. The molecule has 60 valence electrons. The lowest BCUT2D eigenvalue weighted by Crippen LogP contribution is -2.19. The van der Waals surface area contributed by atoms with E-state index in [9.17, 15) is 4.79 Å². The van der Waals surface area contributed by atoms with Crippen LogP contribution in [0.3, 0.4) is 0 Å². The standard InChI is InChI=1S/C7H8O4/c8-7(5-1-9-2-5)11-4-6-3-10-6/h1,6H,2-4H2. The maximum atomic E-state index is 10.9. The summed E-state index contributed by atoms with van der Waals surface area (Å²) in [6.45, 7) is 1.46. The van der Waals surface area contributed by atoms with Gasteiger partial charge in [-0.15, -0.1) is 0 Å². The number of esters is 1. The molecule has 0 bridgehead atoms. The Labute approximate surface area is 63.7 Å². The Morgan fingerprint density at radius 2 is 2.55 bits per heavy atom. The molecular formula is C7H8O4. The van der Waals surface area contributed by atoms with Crippen LogP contribution in [-0.2, 0) is 19.0 Å². The van der Waals surface area contributed by atoms with Gasteiger partial charge in [0.25, 0.3) is 0 Å². The third-order valence-corrected chi connectivity index (χ3v) is 1.53. The third-order valence-electron chi connectivity index (χ3n) is 1.53. The maximum Gasteiger partial charge on any atom is 0.340 e. The van der Waals surface area contributed by atoms with Crippen LogP contribution in [0.1, 0.15) is 0 Å². The number of epoxide rings is 1. The molecule has 0 aromatic rings. The molecule has 1 atom stereocenters. The van der Waals surface area contributed by atoms with Gasteiger partial charge in [-0.3, -0.25) is 0 Å². The molecule has 2 aliphatic heterocycles. The molecule has 4 heteroatoms. The van der Waals surface area contributed by atoms with Crippen molar-refractivity contribution in [3.05, 3.63) is 11.8 Å². The van der Waals surface area contributed by atoms with Gasteiger partial charge < -0.3 is 14.2 Å². The highest BCUT2D eigenvalue weighted by molar-refractivity contribution is 5.89. The predicted octanol–water partition coefficient (Wildman–Crippen LogP) is -0.157. The lowest BCUT2D eigenvalue weighted by atomic mass is 10.3. The molecule has 1 fully saturated rings. The van der Waals surface area contributed by atoms with Crippen LogP contribution in [0.2, 0.25) is 0 Å². The van der Waals surface area contributed by atoms with Crippen molar-refractivity contribution in [3.63, 3.8) is 0 Å². The zero-order chi connectivity index (χ0) is 7.68. The number of carbonyl (C=O) groups is 1. The van der Waals surface area contributed by atoms with E-state index in [1.807, 2.05) is 0 Å². The SMILES string of the molecule is O=C(OCC1CO1)C1=COC1. The summed E-state index contributed by atoms with van der Waals surface area (Å²) in [6, 6.07) is 0. The zero-order valence-corrected chi connectivity index (χ0v) is 5.91. The van der Waals surface area contributed by atoms with Crippen LogP contribution in [0.15, 0.2) is 11.8 Å². The lowest BCUT2D eigenvalue weighted by molar-refractivity contribution is -0.141. The average Bonchev–Trinajstić information content (AvgIpc) is 2.61. The summed E-state index contributed by atoms with van der Waals surface area (Å²) in [4.78, 5) is 10.9. The van der Waals surface area contributed by atoms with E-state index in [4.69, 9.17) is 9.47 Å². The minimum Gasteiger partial charge on any atom is -0.495 e. The molecule has 2 aliphatic rings. The highest BCUT2D eigenvalue weighted by Crippen LogP contribution is 2.13. The Hall–Kier alpha value is -1.03. The monoisotopic (exact) mass is 156 g/mol. The van der Waals surface area contributed by atoms with Crippen LogP contribution in [0.4, 0.5) is 0 Å². The van der Waals surface area contributed by atoms with Gasteiger partial charge in [-0.25, -0.2) is 4.79 Å². The lowest BCUT2D eigenvalue weighted by Gasteiger charge is -2.13. The molecule has 0 aliphatic carbocycles. The summed E-state index contributed by atoms with van der Waals surface area (Å²) in [5.41, 5.74) is 0.602. The van der Waals surface area contributed by atoms with Crippen molar-refractivity contribution in [2.24, 2.45) is 0 Å². The Kier molecular flexibility index (Phi) is 1.54. The fourth-order valence-corrected chi connectivity index (χ4v) is 0.699. The van der Waals surface area contributed by atoms with E-state index in [-0.39, 0.29) is 12.1 Å². The molecule has 0 aromatic carbocycles. The fraction of sp³-hybridized carbons (Fsp3) is 0.571. The van der Waals surface area contributed by atoms with Crippen LogP contribution in [-0.4, -0.2) is 31.9 Å². The Morgan fingerprint density at radius 3 is 3.00 bits per heavy atom. The first-order valence-corrected chi connectivity index (χ1v) is 3.45. The van der Waals surface area contributed by atoms with E-state index in [1.54, 1.807) is 0 Å². The van der Waals surface area contributed by atoms with E-state index in [0.29, 0.717) is 25.4 Å². The molecular weight excluding hydrogens is 148 g/mol. The summed E-state index contributed by atoms with van der Waals surface area (Å²) in [5, 5.41) is 0. The molecule has 0 aromatic heterocycles. The van der Waals surface area contributed by atoms with Gasteiger partial charge >= 0.3 is 5.97 Å². The van der Waals surface area contributed by atoms with E-state index < -0.39 is 0 Å². The van der Waals surface area contributed by atoms with Gasteiger partial charge in [0.15, 0.2) is 0 Å². The number of hydrogen-bond donors (Lipinski definition) is 0. The van der Waals surface area contributed by atoms with Crippen molar-refractivity contribution in [2.75, 3.05) is 19.8 Å². The molecule has 0 radical (unpaired) electrons. The van der Waals surface area contributed by atoms with Gasteiger partial charge in [-0.05, 0) is 0 Å². The van der Waals surface area contributed by atoms with Gasteiger partial charge in [0.1, 0.15) is 24.9 Å². The smallest absolute Gasteiger partial charge is 0.340 e. The molecule has 0 spiro atoms. The van der Waals surface area contributed by atoms with Gasteiger partial charge in [0.2, 0.25) is 0 Å². The Bertz CT molecular complexity index is 204.